The van der Waals surface area contributed by atoms with Gasteiger partial charge in [-0.25, -0.2) is 4.79 Å². The number of benzene rings is 1. The van der Waals surface area contributed by atoms with Crippen molar-refractivity contribution < 1.29 is 19.1 Å². The first kappa shape index (κ1) is 19.9. The molecule has 1 N–H and O–H groups in total. The second kappa shape index (κ2) is 7.09. The van der Waals surface area contributed by atoms with Crippen LogP contribution in [0.3, 0.4) is 0 Å². The van der Waals surface area contributed by atoms with Gasteiger partial charge in [0.25, 0.3) is 11.8 Å². The van der Waals surface area contributed by atoms with Crippen LogP contribution < -0.4 is 5.32 Å². The van der Waals surface area contributed by atoms with Crippen LogP contribution in [0.5, 0.6) is 0 Å². The van der Waals surface area contributed by atoms with E-state index in [9.17, 15) is 14.4 Å². The van der Waals surface area contributed by atoms with Gasteiger partial charge in [0.1, 0.15) is 5.60 Å². The molecule has 142 valence electrons. The predicted molar refractivity (Wildman–Crippen MR) is 99.6 cm³/mol. The number of carbonyl (C=O) groups excluding carboxylic acids is 3. The van der Waals surface area contributed by atoms with Gasteiger partial charge in [0.2, 0.25) is 0 Å². The van der Waals surface area contributed by atoms with Gasteiger partial charge in [0.05, 0.1) is 11.1 Å². The fraction of sp³-hybridized carbons (Fsp3) is 0.550. The Morgan fingerprint density at radius 2 is 1.58 bits per heavy atom. The molecule has 0 atom stereocenters. The van der Waals surface area contributed by atoms with Gasteiger partial charge in [-0.05, 0) is 70.2 Å². The molecule has 3 amide bonds. The molecule has 0 aliphatic carbocycles. The van der Waals surface area contributed by atoms with Crippen molar-refractivity contribution >= 4 is 17.9 Å². The Hall–Kier alpha value is -2.37. The van der Waals surface area contributed by atoms with Gasteiger partial charge < -0.3 is 10.1 Å². The average molecular weight is 360 g/mol. The summed E-state index contributed by atoms with van der Waals surface area (Å²) in [7, 11) is 0. The van der Waals surface area contributed by atoms with Crippen LogP contribution in [0.25, 0.3) is 0 Å². The summed E-state index contributed by atoms with van der Waals surface area (Å²) in [5, 5.41) is 2.59. The van der Waals surface area contributed by atoms with Crippen LogP contribution >= 0.6 is 0 Å². The maximum Gasteiger partial charge on any atom is 0.407 e. The first-order valence-corrected chi connectivity index (χ1v) is 8.95. The first-order chi connectivity index (χ1) is 12.0. The predicted octanol–water partition coefficient (Wildman–Crippen LogP) is 3.29. The van der Waals surface area contributed by atoms with Gasteiger partial charge in [0, 0.05) is 13.1 Å². The third-order valence-electron chi connectivity index (χ3n) is 4.78. The van der Waals surface area contributed by atoms with Crippen molar-refractivity contribution in [1.82, 2.24) is 10.2 Å². The molecule has 0 spiro atoms. The number of carbonyl (C=O) groups is 3. The maximum absolute atomic E-state index is 12.9. The number of imide groups is 1. The van der Waals surface area contributed by atoms with Crippen molar-refractivity contribution in [3.05, 3.63) is 33.4 Å². The molecule has 0 fully saturated rings. The molecule has 0 saturated carbocycles. The molecule has 6 nitrogen and oxygen atoms in total. The minimum Gasteiger partial charge on any atom is -0.444 e. The summed E-state index contributed by atoms with van der Waals surface area (Å²) < 4.78 is 5.17. The lowest BCUT2D eigenvalue weighted by atomic mass is 9.88. The molecule has 0 unspecified atom stereocenters. The summed E-state index contributed by atoms with van der Waals surface area (Å²) in [5.41, 5.74) is 4.35. The Morgan fingerprint density at radius 1 is 1.00 bits per heavy atom. The van der Waals surface area contributed by atoms with E-state index in [1.165, 1.54) is 4.90 Å². The molecule has 6 heteroatoms. The minimum absolute atomic E-state index is 0.117. The summed E-state index contributed by atoms with van der Waals surface area (Å²) in [6, 6.07) is 0. The second-order valence-electron chi connectivity index (χ2n) is 7.65. The molecular weight excluding hydrogens is 332 g/mol. The van der Waals surface area contributed by atoms with Crippen LogP contribution in [0.15, 0.2) is 0 Å². The van der Waals surface area contributed by atoms with E-state index >= 15 is 0 Å². The molecule has 1 aliphatic rings. The molecule has 1 heterocycles. The van der Waals surface area contributed by atoms with Crippen molar-refractivity contribution in [3.63, 3.8) is 0 Å². The van der Waals surface area contributed by atoms with E-state index in [2.05, 4.69) is 5.32 Å². The molecule has 2 rings (SSSR count). The Balaban J connectivity index is 2.19. The highest BCUT2D eigenvalue weighted by Crippen LogP contribution is 2.33. The molecule has 1 aliphatic heterocycles. The summed E-state index contributed by atoms with van der Waals surface area (Å²) in [6.45, 7) is 13.4. The monoisotopic (exact) mass is 360 g/mol. The quantitative estimate of drug-likeness (QED) is 0.836. The summed E-state index contributed by atoms with van der Waals surface area (Å²) in [4.78, 5) is 38.6. The van der Waals surface area contributed by atoms with E-state index in [1.807, 2.05) is 27.7 Å². The van der Waals surface area contributed by atoms with E-state index in [0.717, 1.165) is 22.3 Å². The van der Waals surface area contributed by atoms with E-state index in [1.54, 1.807) is 20.8 Å². The van der Waals surface area contributed by atoms with Crippen LogP contribution in [0, 0.1) is 20.8 Å². The van der Waals surface area contributed by atoms with Crippen molar-refractivity contribution in [2.75, 3.05) is 13.1 Å². The largest absolute Gasteiger partial charge is 0.444 e. The molecule has 0 radical (unpaired) electrons. The van der Waals surface area contributed by atoms with Gasteiger partial charge >= 0.3 is 6.09 Å². The standard InChI is InChI=1S/C20H28N2O4/c1-8-14-12(3)11(2)13(4)15-16(14)18(24)22(17(15)23)10-9-21-19(25)26-20(5,6)7/h8-10H2,1-7H3,(H,21,25). The number of hydrogen-bond donors (Lipinski definition) is 1. The zero-order valence-electron chi connectivity index (χ0n) is 16.7. The molecular formula is C20H28N2O4. The summed E-state index contributed by atoms with van der Waals surface area (Å²) in [6.07, 6.45) is 0.129. The van der Waals surface area contributed by atoms with E-state index in [-0.39, 0.29) is 24.9 Å². The van der Waals surface area contributed by atoms with Crippen molar-refractivity contribution in [3.8, 4) is 0 Å². The Kier molecular flexibility index (Phi) is 5.44. The lowest BCUT2D eigenvalue weighted by Crippen LogP contribution is -2.40. The third kappa shape index (κ3) is 3.59. The van der Waals surface area contributed by atoms with Gasteiger partial charge in [-0.2, -0.15) is 0 Å². The van der Waals surface area contributed by atoms with E-state index in [4.69, 9.17) is 4.74 Å². The van der Waals surface area contributed by atoms with Crippen molar-refractivity contribution in [2.45, 2.75) is 60.5 Å². The molecule has 26 heavy (non-hydrogen) atoms. The number of nitrogens with zero attached hydrogens (tertiary/aromatic N) is 1. The highest BCUT2D eigenvalue weighted by Gasteiger charge is 2.39. The smallest absolute Gasteiger partial charge is 0.407 e. The topological polar surface area (TPSA) is 75.7 Å². The number of alkyl carbamates (subject to hydrolysis) is 1. The number of nitrogens with one attached hydrogen (secondary N) is 1. The molecule has 1 aromatic rings. The average Bonchev–Trinajstić information content (AvgIpc) is 2.76. The molecule has 1 aromatic carbocycles. The number of fused-ring (bicyclic) bond motifs is 1. The second-order valence-corrected chi connectivity index (χ2v) is 7.65. The lowest BCUT2D eigenvalue weighted by Gasteiger charge is -2.20. The normalized spacial score (nSPS) is 13.9. The number of hydrogen-bond acceptors (Lipinski definition) is 4. The van der Waals surface area contributed by atoms with Gasteiger partial charge in [-0.15, -0.1) is 0 Å². The Bertz CT molecular complexity index is 775. The van der Waals surface area contributed by atoms with Gasteiger partial charge in [-0.3, -0.25) is 14.5 Å². The number of amides is 3. The van der Waals surface area contributed by atoms with Gasteiger partial charge in [-0.1, -0.05) is 6.92 Å². The fourth-order valence-electron chi connectivity index (χ4n) is 3.32. The highest BCUT2D eigenvalue weighted by atomic mass is 16.6. The highest BCUT2D eigenvalue weighted by molar-refractivity contribution is 6.23. The number of rotatable bonds is 4. The summed E-state index contributed by atoms with van der Waals surface area (Å²) >= 11 is 0. The maximum atomic E-state index is 12.9. The van der Waals surface area contributed by atoms with E-state index in [0.29, 0.717) is 17.5 Å². The molecule has 0 bridgehead atoms. The minimum atomic E-state index is -0.595. The Morgan fingerprint density at radius 3 is 2.12 bits per heavy atom. The fourth-order valence-corrected chi connectivity index (χ4v) is 3.32. The van der Waals surface area contributed by atoms with Crippen molar-refractivity contribution in [2.24, 2.45) is 0 Å². The van der Waals surface area contributed by atoms with Crippen LogP contribution in [0.1, 0.15) is 70.7 Å². The zero-order chi connectivity index (χ0) is 19.8. The van der Waals surface area contributed by atoms with Crippen LogP contribution in [-0.4, -0.2) is 41.5 Å². The van der Waals surface area contributed by atoms with Crippen LogP contribution in [0.4, 0.5) is 4.79 Å². The van der Waals surface area contributed by atoms with Crippen molar-refractivity contribution in [1.29, 1.82) is 0 Å². The van der Waals surface area contributed by atoms with E-state index < -0.39 is 11.7 Å². The zero-order valence-corrected chi connectivity index (χ0v) is 16.7. The molecule has 0 aromatic heterocycles. The molecule has 0 saturated heterocycles. The SMILES string of the molecule is CCc1c(C)c(C)c(C)c2c1C(=O)N(CCNC(=O)OC(C)(C)C)C2=O. The van der Waals surface area contributed by atoms with Crippen LogP contribution in [0.2, 0.25) is 0 Å². The third-order valence-corrected chi connectivity index (χ3v) is 4.78. The Labute approximate surface area is 154 Å². The number of ether oxygens (including phenoxy) is 1. The lowest BCUT2D eigenvalue weighted by molar-refractivity contribution is 0.0504. The summed E-state index contributed by atoms with van der Waals surface area (Å²) in [5.74, 6) is -0.565. The van der Waals surface area contributed by atoms with Gasteiger partial charge in [0.15, 0.2) is 0 Å². The van der Waals surface area contributed by atoms with Crippen LogP contribution in [-0.2, 0) is 11.2 Å². The first-order valence-electron chi connectivity index (χ1n) is 8.95.